The largest absolute Gasteiger partial charge is 0.397 e. The molecule has 1 unspecified atom stereocenters. The molecule has 0 radical (unpaired) electrons. The Morgan fingerprint density at radius 3 is 2.94 bits per heavy atom. The van der Waals surface area contributed by atoms with E-state index >= 15 is 0 Å². The van der Waals surface area contributed by atoms with Crippen molar-refractivity contribution < 1.29 is 0 Å². The molecule has 0 spiro atoms. The third kappa shape index (κ3) is 2.71. The third-order valence-corrected chi connectivity index (χ3v) is 3.78. The van der Waals surface area contributed by atoms with Gasteiger partial charge in [0.15, 0.2) is 0 Å². The minimum absolute atomic E-state index is 0.646. The average molecular weight is 233 g/mol. The molecule has 0 aromatic carbocycles. The number of hydrogen-bond acceptors (Lipinski definition) is 3. The Bertz CT molecular complexity index is 376. The van der Waals surface area contributed by atoms with Crippen molar-refractivity contribution in [3.63, 3.8) is 0 Å². The van der Waals surface area contributed by atoms with Crippen LogP contribution in [0, 0.1) is 6.92 Å². The first-order valence-electron chi connectivity index (χ1n) is 6.71. The van der Waals surface area contributed by atoms with E-state index in [0.29, 0.717) is 6.04 Å². The lowest BCUT2D eigenvalue weighted by Gasteiger charge is -2.30. The average Bonchev–Trinajstić information content (AvgIpc) is 2.57. The van der Waals surface area contributed by atoms with Crippen LogP contribution < -0.4 is 10.6 Å². The molecule has 94 valence electrons. The van der Waals surface area contributed by atoms with Gasteiger partial charge >= 0.3 is 0 Å². The number of aryl methyl sites for hydroxylation is 1. The topological polar surface area (TPSA) is 42.1 Å². The van der Waals surface area contributed by atoms with Crippen molar-refractivity contribution in [2.75, 3.05) is 17.2 Å². The van der Waals surface area contributed by atoms with E-state index < -0.39 is 0 Å². The molecule has 1 aliphatic heterocycles. The van der Waals surface area contributed by atoms with Gasteiger partial charge in [-0.05, 0) is 37.8 Å². The van der Waals surface area contributed by atoms with Gasteiger partial charge in [0.2, 0.25) is 0 Å². The molecule has 1 aromatic rings. The highest BCUT2D eigenvalue weighted by Crippen LogP contribution is 2.26. The Morgan fingerprint density at radius 1 is 1.41 bits per heavy atom. The van der Waals surface area contributed by atoms with Gasteiger partial charge < -0.3 is 10.6 Å². The number of aromatic nitrogens is 1. The van der Waals surface area contributed by atoms with E-state index in [9.17, 15) is 0 Å². The molecular weight excluding hydrogens is 210 g/mol. The van der Waals surface area contributed by atoms with Gasteiger partial charge in [-0.1, -0.05) is 19.8 Å². The molecule has 2 rings (SSSR count). The smallest absolute Gasteiger partial charge is 0.129 e. The molecule has 17 heavy (non-hydrogen) atoms. The highest BCUT2D eigenvalue weighted by atomic mass is 15.2. The van der Waals surface area contributed by atoms with Gasteiger partial charge in [-0.3, -0.25) is 0 Å². The molecule has 0 aliphatic carbocycles. The number of hydrogen-bond donors (Lipinski definition) is 1. The summed E-state index contributed by atoms with van der Waals surface area (Å²) < 4.78 is 0. The lowest BCUT2D eigenvalue weighted by atomic mass is 10.1. The number of nitrogens with zero attached hydrogens (tertiary/aromatic N) is 2. The molecule has 3 heteroatoms. The normalized spacial score (nSPS) is 21.3. The molecule has 1 atom stereocenters. The number of nitrogens with two attached hydrogens (primary N) is 1. The van der Waals surface area contributed by atoms with E-state index in [1.54, 1.807) is 6.20 Å². The summed E-state index contributed by atoms with van der Waals surface area (Å²) in [6, 6.07) is 2.77. The third-order valence-electron chi connectivity index (χ3n) is 3.78. The summed E-state index contributed by atoms with van der Waals surface area (Å²) in [5, 5.41) is 0. The van der Waals surface area contributed by atoms with Crippen molar-refractivity contribution in [3.05, 3.63) is 17.8 Å². The van der Waals surface area contributed by atoms with Crippen LogP contribution in [0.25, 0.3) is 0 Å². The molecule has 1 fully saturated rings. The monoisotopic (exact) mass is 233 g/mol. The number of pyridine rings is 1. The van der Waals surface area contributed by atoms with Crippen LogP contribution in [0.5, 0.6) is 0 Å². The van der Waals surface area contributed by atoms with Crippen LogP contribution in [0.1, 0.15) is 44.6 Å². The fourth-order valence-electron chi connectivity index (χ4n) is 2.61. The van der Waals surface area contributed by atoms with Crippen LogP contribution in [-0.4, -0.2) is 17.6 Å². The standard InChI is InChI=1S/C14H23N3/c1-3-12-7-5-4-6-8-17(12)14-9-11(2)13(15)10-16-14/h9-10,12H,3-8,15H2,1-2H3. The van der Waals surface area contributed by atoms with Gasteiger partial charge in [0, 0.05) is 12.6 Å². The summed E-state index contributed by atoms with van der Waals surface area (Å²) in [4.78, 5) is 6.98. The predicted octanol–water partition coefficient (Wildman–Crippen LogP) is 3.13. The maximum absolute atomic E-state index is 5.84. The van der Waals surface area contributed by atoms with Crippen molar-refractivity contribution in [3.8, 4) is 0 Å². The molecule has 0 bridgehead atoms. The van der Waals surface area contributed by atoms with Crippen LogP contribution in [-0.2, 0) is 0 Å². The fourth-order valence-corrected chi connectivity index (χ4v) is 2.61. The predicted molar refractivity (Wildman–Crippen MR) is 73.3 cm³/mol. The summed E-state index contributed by atoms with van der Waals surface area (Å²) in [6.07, 6.45) is 8.26. The summed E-state index contributed by atoms with van der Waals surface area (Å²) in [6.45, 7) is 5.46. The van der Waals surface area contributed by atoms with Crippen LogP contribution in [0.2, 0.25) is 0 Å². The highest BCUT2D eigenvalue weighted by molar-refractivity contribution is 5.52. The lowest BCUT2D eigenvalue weighted by molar-refractivity contribution is 0.552. The van der Waals surface area contributed by atoms with Crippen molar-refractivity contribution in [1.29, 1.82) is 0 Å². The molecule has 2 heterocycles. The maximum Gasteiger partial charge on any atom is 0.129 e. The summed E-state index contributed by atoms with van der Waals surface area (Å²) in [5.74, 6) is 1.10. The molecule has 3 nitrogen and oxygen atoms in total. The van der Waals surface area contributed by atoms with Crippen molar-refractivity contribution in [1.82, 2.24) is 4.98 Å². The van der Waals surface area contributed by atoms with Gasteiger partial charge in [-0.25, -0.2) is 4.98 Å². The SMILES string of the molecule is CCC1CCCCCN1c1cc(C)c(N)cn1. The van der Waals surface area contributed by atoms with Gasteiger partial charge in [0.1, 0.15) is 5.82 Å². The summed E-state index contributed by atoms with van der Waals surface area (Å²) in [5.41, 5.74) is 7.76. The second-order valence-electron chi connectivity index (χ2n) is 5.00. The van der Waals surface area contributed by atoms with E-state index in [1.807, 2.05) is 0 Å². The van der Waals surface area contributed by atoms with Gasteiger partial charge in [0.25, 0.3) is 0 Å². The van der Waals surface area contributed by atoms with Crippen LogP contribution >= 0.6 is 0 Å². The molecule has 1 saturated heterocycles. The first kappa shape index (κ1) is 12.2. The Hall–Kier alpha value is -1.25. The second kappa shape index (κ2) is 5.39. The number of nitrogen functional groups attached to an aromatic ring is 1. The number of anilines is 2. The zero-order chi connectivity index (χ0) is 12.3. The maximum atomic E-state index is 5.84. The van der Waals surface area contributed by atoms with Gasteiger partial charge in [-0.2, -0.15) is 0 Å². The molecule has 1 aliphatic rings. The zero-order valence-electron chi connectivity index (χ0n) is 10.9. The second-order valence-corrected chi connectivity index (χ2v) is 5.00. The highest BCUT2D eigenvalue weighted by Gasteiger charge is 2.20. The lowest BCUT2D eigenvalue weighted by Crippen LogP contribution is -2.35. The zero-order valence-corrected chi connectivity index (χ0v) is 10.9. The first-order valence-corrected chi connectivity index (χ1v) is 6.71. The molecule has 0 amide bonds. The van der Waals surface area contributed by atoms with Crippen LogP contribution in [0.15, 0.2) is 12.3 Å². The Kier molecular flexibility index (Phi) is 3.87. The van der Waals surface area contributed by atoms with E-state index in [4.69, 9.17) is 5.73 Å². The Morgan fingerprint density at radius 2 is 2.24 bits per heavy atom. The summed E-state index contributed by atoms with van der Waals surface area (Å²) >= 11 is 0. The van der Waals surface area contributed by atoms with E-state index in [2.05, 4.69) is 29.8 Å². The Labute approximate surface area is 104 Å². The fraction of sp³-hybridized carbons (Fsp3) is 0.643. The quantitative estimate of drug-likeness (QED) is 0.853. The number of rotatable bonds is 2. The Balaban J connectivity index is 2.25. The van der Waals surface area contributed by atoms with Crippen molar-refractivity contribution in [2.45, 2.75) is 52.0 Å². The minimum atomic E-state index is 0.646. The van der Waals surface area contributed by atoms with Crippen molar-refractivity contribution in [2.24, 2.45) is 0 Å². The van der Waals surface area contributed by atoms with Crippen LogP contribution in [0.4, 0.5) is 11.5 Å². The first-order chi connectivity index (χ1) is 8.22. The molecular formula is C14H23N3. The molecule has 2 N–H and O–H groups in total. The van der Waals surface area contributed by atoms with Crippen molar-refractivity contribution >= 4 is 11.5 Å². The van der Waals surface area contributed by atoms with E-state index in [-0.39, 0.29) is 0 Å². The summed E-state index contributed by atoms with van der Waals surface area (Å²) in [7, 11) is 0. The van der Waals surface area contributed by atoms with Crippen LogP contribution in [0.3, 0.4) is 0 Å². The van der Waals surface area contributed by atoms with E-state index in [1.165, 1.54) is 32.1 Å². The molecule has 0 saturated carbocycles. The van der Waals surface area contributed by atoms with E-state index in [0.717, 1.165) is 23.6 Å². The minimum Gasteiger partial charge on any atom is -0.397 e. The van der Waals surface area contributed by atoms with Gasteiger partial charge in [0.05, 0.1) is 11.9 Å². The molecule has 1 aromatic heterocycles. The van der Waals surface area contributed by atoms with Gasteiger partial charge in [-0.15, -0.1) is 0 Å².